The van der Waals surface area contributed by atoms with Gasteiger partial charge in [0.2, 0.25) is 5.95 Å². The summed E-state index contributed by atoms with van der Waals surface area (Å²) in [6, 6.07) is 0.704. The van der Waals surface area contributed by atoms with Crippen molar-refractivity contribution in [1.82, 2.24) is 14.9 Å². The van der Waals surface area contributed by atoms with Gasteiger partial charge in [0.25, 0.3) is 0 Å². The first-order chi connectivity index (χ1) is 9.36. The molecule has 0 aromatic carbocycles. The van der Waals surface area contributed by atoms with Crippen LogP contribution in [0.25, 0.3) is 0 Å². The molecule has 2 aliphatic rings. The lowest BCUT2D eigenvalue weighted by atomic mass is 10.2. The van der Waals surface area contributed by atoms with Crippen molar-refractivity contribution in [2.24, 2.45) is 5.73 Å². The van der Waals surface area contributed by atoms with Gasteiger partial charge in [-0.1, -0.05) is 0 Å². The fourth-order valence-electron chi connectivity index (χ4n) is 3.20. The smallest absolute Gasteiger partial charge is 0.225 e. The van der Waals surface area contributed by atoms with Crippen molar-refractivity contribution in [1.29, 1.82) is 0 Å². The van der Waals surface area contributed by atoms with Gasteiger partial charge in [-0.2, -0.15) is 0 Å². The number of aromatic nitrogens is 2. The first kappa shape index (κ1) is 12.8. The van der Waals surface area contributed by atoms with E-state index in [1.54, 1.807) is 0 Å². The molecule has 0 saturated carbocycles. The highest BCUT2D eigenvalue weighted by Gasteiger charge is 2.29. The summed E-state index contributed by atoms with van der Waals surface area (Å²) < 4.78 is 0. The standard InChI is InChI=1S/C14H23N5/c15-5-4-12-9-16-14(17-10-12)19-8-2-7-18-6-1-3-13(18)11-19/h9-10,13H,1-8,11,15H2. The zero-order valence-electron chi connectivity index (χ0n) is 11.5. The van der Waals surface area contributed by atoms with Crippen molar-refractivity contribution in [2.45, 2.75) is 31.7 Å². The van der Waals surface area contributed by atoms with E-state index < -0.39 is 0 Å². The Labute approximate surface area is 114 Å². The van der Waals surface area contributed by atoms with Crippen LogP contribution in [-0.4, -0.2) is 53.6 Å². The lowest BCUT2D eigenvalue weighted by Crippen LogP contribution is -2.37. The lowest BCUT2D eigenvalue weighted by molar-refractivity contribution is 0.273. The second kappa shape index (κ2) is 5.84. The molecule has 2 fully saturated rings. The van der Waals surface area contributed by atoms with Crippen LogP contribution in [-0.2, 0) is 6.42 Å². The minimum atomic E-state index is 0.656. The molecular formula is C14H23N5. The fraction of sp³-hybridized carbons (Fsp3) is 0.714. The van der Waals surface area contributed by atoms with E-state index in [2.05, 4.69) is 19.8 Å². The molecule has 0 amide bonds. The summed E-state index contributed by atoms with van der Waals surface area (Å²) in [6.07, 6.45) is 8.58. The highest BCUT2D eigenvalue weighted by molar-refractivity contribution is 5.31. The monoisotopic (exact) mass is 261 g/mol. The zero-order chi connectivity index (χ0) is 13.1. The fourth-order valence-corrected chi connectivity index (χ4v) is 3.20. The van der Waals surface area contributed by atoms with Gasteiger partial charge in [0.15, 0.2) is 0 Å². The number of fused-ring (bicyclic) bond motifs is 1. The first-order valence-electron chi connectivity index (χ1n) is 7.37. The van der Waals surface area contributed by atoms with Crippen LogP contribution in [0.1, 0.15) is 24.8 Å². The normalized spacial score (nSPS) is 24.3. The van der Waals surface area contributed by atoms with Gasteiger partial charge in [0.1, 0.15) is 0 Å². The van der Waals surface area contributed by atoms with Crippen LogP contribution in [0.3, 0.4) is 0 Å². The van der Waals surface area contributed by atoms with E-state index in [9.17, 15) is 0 Å². The molecule has 1 aromatic rings. The minimum Gasteiger partial charge on any atom is -0.339 e. The molecule has 1 atom stereocenters. The van der Waals surface area contributed by atoms with Crippen molar-refractivity contribution >= 4 is 5.95 Å². The molecular weight excluding hydrogens is 238 g/mol. The van der Waals surface area contributed by atoms with Gasteiger partial charge >= 0.3 is 0 Å². The molecule has 2 aliphatic heterocycles. The molecule has 1 aromatic heterocycles. The predicted molar refractivity (Wildman–Crippen MR) is 76.2 cm³/mol. The van der Waals surface area contributed by atoms with E-state index in [1.165, 1.54) is 32.4 Å². The third-order valence-electron chi connectivity index (χ3n) is 4.21. The maximum absolute atomic E-state index is 5.55. The third kappa shape index (κ3) is 2.87. The van der Waals surface area contributed by atoms with Crippen LogP contribution in [0, 0.1) is 0 Å². The summed E-state index contributed by atoms with van der Waals surface area (Å²) >= 11 is 0. The number of anilines is 1. The van der Waals surface area contributed by atoms with E-state index in [0.29, 0.717) is 12.6 Å². The molecule has 0 aliphatic carbocycles. The number of nitrogens with two attached hydrogens (primary N) is 1. The molecule has 1 unspecified atom stereocenters. The van der Waals surface area contributed by atoms with E-state index in [-0.39, 0.29) is 0 Å². The maximum Gasteiger partial charge on any atom is 0.225 e. The van der Waals surface area contributed by atoms with E-state index in [1.807, 2.05) is 12.4 Å². The number of hydrogen-bond donors (Lipinski definition) is 1. The van der Waals surface area contributed by atoms with Gasteiger partial charge in [-0.05, 0) is 44.3 Å². The van der Waals surface area contributed by atoms with Gasteiger partial charge in [0, 0.05) is 38.1 Å². The number of nitrogens with zero attached hydrogens (tertiary/aromatic N) is 4. The van der Waals surface area contributed by atoms with Gasteiger partial charge < -0.3 is 10.6 Å². The van der Waals surface area contributed by atoms with Crippen molar-refractivity contribution in [3.63, 3.8) is 0 Å². The first-order valence-corrected chi connectivity index (χ1v) is 7.37. The summed E-state index contributed by atoms with van der Waals surface area (Å²) in [6.45, 7) is 5.31. The summed E-state index contributed by atoms with van der Waals surface area (Å²) in [4.78, 5) is 14.0. The maximum atomic E-state index is 5.55. The van der Waals surface area contributed by atoms with Gasteiger partial charge in [0.05, 0.1) is 0 Å². The largest absolute Gasteiger partial charge is 0.339 e. The second-order valence-electron chi connectivity index (χ2n) is 5.56. The second-order valence-corrected chi connectivity index (χ2v) is 5.56. The summed E-state index contributed by atoms with van der Waals surface area (Å²) in [7, 11) is 0. The van der Waals surface area contributed by atoms with Crippen molar-refractivity contribution in [3.8, 4) is 0 Å². The Hall–Kier alpha value is -1.20. The SMILES string of the molecule is NCCc1cnc(N2CCCN3CCCC3C2)nc1. The average Bonchev–Trinajstić information content (AvgIpc) is 2.77. The molecule has 3 rings (SSSR count). The highest BCUT2D eigenvalue weighted by atomic mass is 15.3. The molecule has 0 spiro atoms. The quantitative estimate of drug-likeness (QED) is 0.866. The molecule has 5 nitrogen and oxygen atoms in total. The van der Waals surface area contributed by atoms with Crippen LogP contribution in [0.2, 0.25) is 0 Å². The Bertz CT molecular complexity index is 405. The topological polar surface area (TPSA) is 58.3 Å². The number of hydrogen-bond acceptors (Lipinski definition) is 5. The van der Waals surface area contributed by atoms with Crippen molar-refractivity contribution in [3.05, 3.63) is 18.0 Å². The predicted octanol–water partition coefficient (Wildman–Crippen LogP) is 0.652. The van der Waals surface area contributed by atoms with Gasteiger partial charge in [-0.3, -0.25) is 4.90 Å². The Balaban J connectivity index is 1.70. The van der Waals surface area contributed by atoms with Crippen LogP contribution in [0.15, 0.2) is 12.4 Å². The molecule has 104 valence electrons. The Morgan fingerprint density at radius 1 is 1.16 bits per heavy atom. The number of rotatable bonds is 3. The molecule has 3 heterocycles. The van der Waals surface area contributed by atoms with Gasteiger partial charge in [-0.15, -0.1) is 0 Å². The van der Waals surface area contributed by atoms with Crippen LogP contribution in [0.4, 0.5) is 5.95 Å². The van der Waals surface area contributed by atoms with Gasteiger partial charge in [-0.25, -0.2) is 9.97 Å². The molecule has 2 saturated heterocycles. The molecule has 2 N–H and O–H groups in total. The third-order valence-corrected chi connectivity index (χ3v) is 4.21. The lowest BCUT2D eigenvalue weighted by Gasteiger charge is -2.25. The molecule has 19 heavy (non-hydrogen) atoms. The summed E-state index contributed by atoms with van der Waals surface area (Å²) in [5.74, 6) is 0.884. The van der Waals surface area contributed by atoms with Crippen molar-refractivity contribution < 1.29 is 0 Å². The van der Waals surface area contributed by atoms with Crippen LogP contribution in [0.5, 0.6) is 0 Å². The average molecular weight is 261 g/mol. The van der Waals surface area contributed by atoms with Crippen molar-refractivity contribution in [2.75, 3.05) is 37.6 Å². The molecule has 5 heteroatoms. The Kier molecular flexibility index (Phi) is 3.94. The molecule has 0 radical (unpaired) electrons. The van der Waals surface area contributed by atoms with E-state index >= 15 is 0 Å². The van der Waals surface area contributed by atoms with E-state index in [4.69, 9.17) is 5.73 Å². The highest BCUT2D eigenvalue weighted by Crippen LogP contribution is 2.23. The Morgan fingerprint density at radius 3 is 2.74 bits per heavy atom. The summed E-state index contributed by atoms with van der Waals surface area (Å²) in [5, 5.41) is 0. The zero-order valence-corrected chi connectivity index (χ0v) is 11.5. The minimum absolute atomic E-state index is 0.656. The summed E-state index contributed by atoms with van der Waals surface area (Å²) in [5.41, 5.74) is 6.68. The van der Waals surface area contributed by atoms with Crippen LogP contribution >= 0.6 is 0 Å². The molecule has 0 bridgehead atoms. The Morgan fingerprint density at radius 2 is 1.95 bits per heavy atom. The van der Waals surface area contributed by atoms with Crippen LogP contribution < -0.4 is 10.6 Å². The van der Waals surface area contributed by atoms with E-state index in [0.717, 1.165) is 31.0 Å².